The van der Waals surface area contributed by atoms with Gasteiger partial charge in [-0.15, -0.1) is 0 Å². The Morgan fingerprint density at radius 2 is 2.11 bits per heavy atom. The van der Waals surface area contributed by atoms with Crippen LogP contribution in [0.2, 0.25) is 0 Å². The number of nitrogens with one attached hydrogen (secondary N) is 1. The molecule has 0 saturated carbocycles. The number of carbonyl (C=O) groups is 3. The minimum absolute atomic E-state index is 0.114. The summed E-state index contributed by atoms with van der Waals surface area (Å²) in [6.07, 6.45) is 0.114. The molecule has 1 aliphatic rings. The van der Waals surface area contributed by atoms with Crippen molar-refractivity contribution >= 4 is 29.2 Å². The van der Waals surface area contributed by atoms with E-state index in [2.05, 4.69) is 5.32 Å². The van der Waals surface area contributed by atoms with E-state index in [1.807, 2.05) is 0 Å². The number of anilines is 2. The largest absolute Gasteiger partial charge is 0.481 e. The number of rotatable bonds is 3. The summed E-state index contributed by atoms with van der Waals surface area (Å²) in [5, 5.41) is 11.8. The van der Waals surface area contributed by atoms with Gasteiger partial charge in [-0.1, -0.05) is 0 Å². The predicted octanol–water partition coefficient (Wildman–Crippen LogP) is 0.865. The van der Waals surface area contributed by atoms with Crippen LogP contribution in [-0.4, -0.2) is 29.9 Å². The summed E-state index contributed by atoms with van der Waals surface area (Å²) in [6.45, 7) is 1.28. The standard InChI is InChI=1S/C13H14N2O4/c1-7(13(18)19)12(17)15-10-4-3-9(14-2)5-8(10)6-11(15)16/h3-5,7,14H,6H2,1-2H3,(H,18,19). The highest BCUT2D eigenvalue weighted by atomic mass is 16.4. The van der Waals surface area contributed by atoms with Crippen LogP contribution in [0.1, 0.15) is 12.5 Å². The number of amides is 2. The summed E-state index contributed by atoms with van der Waals surface area (Å²) >= 11 is 0. The summed E-state index contributed by atoms with van der Waals surface area (Å²) in [6, 6.07) is 5.17. The minimum Gasteiger partial charge on any atom is -0.481 e. The molecular weight excluding hydrogens is 248 g/mol. The van der Waals surface area contributed by atoms with Crippen LogP contribution in [0.5, 0.6) is 0 Å². The number of fused-ring (bicyclic) bond motifs is 1. The Balaban J connectivity index is 2.38. The van der Waals surface area contributed by atoms with Gasteiger partial charge in [0.1, 0.15) is 5.92 Å². The van der Waals surface area contributed by atoms with E-state index in [0.717, 1.165) is 16.2 Å². The number of hydrogen-bond acceptors (Lipinski definition) is 4. The molecule has 0 radical (unpaired) electrons. The molecule has 100 valence electrons. The Morgan fingerprint density at radius 3 is 2.68 bits per heavy atom. The van der Waals surface area contributed by atoms with Crippen molar-refractivity contribution in [3.63, 3.8) is 0 Å². The molecule has 2 rings (SSSR count). The van der Waals surface area contributed by atoms with Gasteiger partial charge in [0.25, 0.3) is 0 Å². The maximum atomic E-state index is 12.0. The van der Waals surface area contributed by atoms with Gasteiger partial charge in [-0.25, -0.2) is 4.90 Å². The van der Waals surface area contributed by atoms with Gasteiger partial charge >= 0.3 is 5.97 Å². The number of carbonyl (C=O) groups excluding carboxylic acids is 2. The number of benzene rings is 1. The van der Waals surface area contributed by atoms with Crippen molar-refractivity contribution in [2.45, 2.75) is 13.3 Å². The van der Waals surface area contributed by atoms with E-state index in [1.54, 1.807) is 25.2 Å². The molecule has 1 aromatic rings. The molecule has 2 N–H and O–H groups in total. The number of hydrogen-bond donors (Lipinski definition) is 2. The van der Waals surface area contributed by atoms with E-state index in [1.165, 1.54) is 6.92 Å². The first-order chi connectivity index (χ1) is 8.95. The van der Waals surface area contributed by atoms with Gasteiger partial charge < -0.3 is 10.4 Å². The lowest BCUT2D eigenvalue weighted by atomic mass is 10.1. The molecule has 1 aliphatic heterocycles. The third-order valence-corrected chi connectivity index (χ3v) is 3.16. The molecule has 19 heavy (non-hydrogen) atoms. The van der Waals surface area contributed by atoms with E-state index >= 15 is 0 Å². The summed E-state index contributed by atoms with van der Waals surface area (Å²) in [5.74, 6) is -3.56. The second kappa shape index (κ2) is 4.72. The highest BCUT2D eigenvalue weighted by Gasteiger charge is 2.36. The number of carboxylic acids is 1. The fraction of sp³-hybridized carbons (Fsp3) is 0.308. The normalized spacial score (nSPS) is 15.1. The lowest BCUT2D eigenvalue weighted by Crippen LogP contribution is -2.40. The van der Waals surface area contributed by atoms with Crippen LogP contribution >= 0.6 is 0 Å². The third-order valence-electron chi connectivity index (χ3n) is 3.16. The zero-order chi connectivity index (χ0) is 14.2. The molecule has 6 heteroatoms. The first-order valence-electron chi connectivity index (χ1n) is 5.86. The van der Waals surface area contributed by atoms with E-state index in [4.69, 9.17) is 5.11 Å². The molecule has 6 nitrogen and oxygen atoms in total. The fourth-order valence-electron chi connectivity index (χ4n) is 2.02. The fourth-order valence-corrected chi connectivity index (χ4v) is 2.02. The highest BCUT2D eigenvalue weighted by molar-refractivity contribution is 6.22. The quantitative estimate of drug-likeness (QED) is 0.789. The monoisotopic (exact) mass is 262 g/mol. The third kappa shape index (κ3) is 2.16. The Bertz CT molecular complexity index is 568. The van der Waals surface area contributed by atoms with Crippen molar-refractivity contribution in [1.82, 2.24) is 0 Å². The van der Waals surface area contributed by atoms with Crippen LogP contribution in [0.15, 0.2) is 18.2 Å². The number of aliphatic carboxylic acids is 1. The molecule has 1 unspecified atom stereocenters. The van der Waals surface area contributed by atoms with E-state index < -0.39 is 17.8 Å². The van der Waals surface area contributed by atoms with Crippen LogP contribution in [-0.2, 0) is 20.8 Å². The molecule has 1 aromatic carbocycles. The van der Waals surface area contributed by atoms with Crippen molar-refractivity contribution in [3.8, 4) is 0 Å². The zero-order valence-electron chi connectivity index (χ0n) is 10.6. The maximum absolute atomic E-state index is 12.0. The molecule has 0 bridgehead atoms. The average molecular weight is 262 g/mol. The van der Waals surface area contributed by atoms with Crippen molar-refractivity contribution in [2.75, 3.05) is 17.3 Å². The number of carboxylic acid groups (broad SMARTS) is 1. The molecule has 0 saturated heterocycles. The van der Waals surface area contributed by atoms with E-state index in [9.17, 15) is 14.4 Å². The summed E-state index contributed by atoms with van der Waals surface area (Å²) in [5.41, 5.74) is 2.04. The highest BCUT2D eigenvalue weighted by Crippen LogP contribution is 2.32. The summed E-state index contributed by atoms with van der Waals surface area (Å²) < 4.78 is 0. The van der Waals surface area contributed by atoms with Gasteiger partial charge in [0.05, 0.1) is 12.1 Å². The maximum Gasteiger partial charge on any atom is 0.315 e. The Kier molecular flexibility index (Phi) is 3.25. The Labute approximate surface area is 110 Å². The number of imide groups is 1. The van der Waals surface area contributed by atoms with Gasteiger partial charge in [-0.05, 0) is 30.7 Å². The lowest BCUT2D eigenvalue weighted by Gasteiger charge is -2.18. The SMILES string of the molecule is CNc1ccc2c(c1)CC(=O)N2C(=O)C(C)C(=O)O. The van der Waals surface area contributed by atoms with Crippen LogP contribution < -0.4 is 10.2 Å². The molecule has 2 amide bonds. The van der Waals surface area contributed by atoms with Crippen LogP contribution in [0.25, 0.3) is 0 Å². The van der Waals surface area contributed by atoms with Crippen LogP contribution in [0.4, 0.5) is 11.4 Å². The molecule has 0 aliphatic carbocycles. The van der Waals surface area contributed by atoms with Crippen LogP contribution in [0.3, 0.4) is 0 Å². The number of nitrogens with zero attached hydrogens (tertiary/aromatic N) is 1. The van der Waals surface area contributed by atoms with Crippen molar-refractivity contribution in [2.24, 2.45) is 5.92 Å². The lowest BCUT2D eigenvalue weighted by molar-refractivity contribution is -0.145. The topological polar surface area (TPSA) is 86.7 Å². The van der Waals surface area contributed by atoms with Gasteiger partial charge in [0, 0.05) is 12.7 Å². The van der Waals surface area contributed by atoms with Crippen molar-refractivity contribution < 1.29 is 19.5 Å². The molecule has 0 fully saturated rings. The van der Waals surface area contributed by atoms with Gasteiger partial charge in [0.2, 0.25) is 11.8 Å². The average Bonchev–Trinajstić information content (AvgIpc) is 2.71. The van der Waals surface area contributed by atoms with Crippen molar-refractivity contribution in [3.05, 3.63) is 23.8 Å². The first kappa shape index (κ1) is 13.1. The molecule has 0 spiro atoms. The predicted molar refractivity (Wildman–Crippen MR) is 69.0 cm³/mol. The molecular formula is C13H14N2O4. The van der Waals surface area contributed by atoms with Crippen molar-refractivity contribution in [1.29, 1.82) is 0 Å². The van der Waals surface area contributed by atoms with Gasteiger partial charge in [0.15, 0.2) is 0 Å². The molecule has 1 atom stereocenters. The second-order valence-corrected chi connectivity index (χ2v) is 4.40. The second-order valence-electron chi connectivity index (χ2n) is 4.40. The van der Waals surface area contributed by atoms with E-state index in [0.29, 0.717) is 5.69 Å². The summed E-state index contributed by atoms with van der Waals surface area (Å²) in [4.78, 5) is 35.7. The van der Waals surface area contributed by atoms with E-state index in [-0.39, 0.29) is 12.3 Å². The van der Waals surface area contributed by atoms with Gasteiger partial charge in [-0.2, -0.15) is 0 Å². The minimum atomic E-state index is -1.24. The van der Waals surface area contributed by atoms with Crippen LogP contribution in [0, 0.1) is 5.92 Å². The van der Waals surface area contributed by atoms with Gasteiger partial charge in [-0.3, -0.25) is 14.4 Å². The molecule has 0 aromatic heterocycles. The Hall–Kier alpha value is -2.37. The smallest absolute Gasteiger partial charge is 0.315 e. The molecule has 1 heterocycles. The Morgan fingerprint density at radius 1 is 1.42 bits per heavy atom. The first-order valence-corrected chi connectivity index (χ1v) is 5.86. The summed E-state index contributed by atoms with van der Waals surface area (Å²) in [7, 11) is 1.76. The zero-order valence-corrected chi connectivity index (χ0v) is 10.6.